The van der Waals surface area contributed by atoms with Crippen LogP contribution in [-0.4, -0.2) is 11.2 Å². The molecule has 0 radical (unpaired) electrons. The molecule has 3 N–H and O–H groups in total. The van der Waals surface area contributed by atoms with Gasteiger partial charge in [0.05, 0.1) is 12.1 Å². The Labute approximate surface area is 75.0 Å². The number of aliphatic hydroxyl groups is 1. The fraction of sp³-hybridized carbons (Fsp3) is 0.333. The lowest BCUT2D eigenvalue weighted by Gasteiger charge is -2.15. The Morgan fingerprint density at radius 3 is 2.54 bits per heavy atom. The van der Waals surface area contributed by atoms with Crippen molar-refractivity contribution in [1.82, 2.24) is 0 Å². The molecule has 0 heterocycles. The van der Waals surface area contributed by atoms with E-state index < -0.39 is 23.8 Å². The summed E-state index contributed by atoms with van der Waals surface area (Å²) in [5.41, 5.74) is 5.45. The summed E-state index contributed by atoms with van der Waals surface area (Å²) in [7, 11) is 0. The van der Waals surface area contributed by atoms with Gasteiger partial charge in [-0.1, -0.05) is 12.1 Å². The molecule has 0 saturated carbocycles. The third-order valence-corrected chi connectivity index (χ3v) is 1.86. The van der Waals surface area contributed by atoms with Gasteiger partial charge in [0.25, 0.3) is 0 Å². The molecule has 0 unspecified atom stereocenters. The molecule has 1 rings (SSSR count). The van der Waals surface area contributed by atoms with Gasteiger partial charge in [0.1, 0.15) is 0 Å². The average molecular weight is 187 g/mol. The minimum atomic E-state index is -0.990. The van der Waals surface area contributed by atoms with Gasteiger partial charge in [-0.25, -0.2) is 8.78 Å². The molecule has 4 heteroatoms. The molecular formula is C9H11F2NO. The zero-order chi connectivity index (χ0) is 10.0. The van der Waals surface area contributed by atoms with E-state index in [0.29, 0.717) is 0 Å². The lowest BCUT2D eigenvalue weighted by molar-refractivity contribution is 0.162. The monoisotopic (exact) mass is 187 g/mol. The summed E-state index contributed by atoms with van der Waals surface area (Å²) in [6.45, 7) is 1.43. The van der Waals surface area contributed by atoms with Crippen LogP contribution < -0.4 is 5.73 Å². The summed E-state index contributed by atoms with van der Waals surface area (Å²) in [5, 5.41) is 9.08. The van der Waals surface area contributed by atoms with Gasteiger partial charge in [-0.15, -0.1) is 0 Å². The van der Waals surface area contributed by atoms with Crippen molar-refractivity contribution >= 4 is 0 Å². The van der Waals surface area contributed by atoms with Crippen LogP contribution in [0.2, 0.25) is 0 Å². The Bertz CT molecular complexity index is 302. The molecule has 2 nitrogen and oxygen atoms in total. The van der Waals surface area contributed by atoms with E-state index in [-0.39, 0.29) is 5.56 Å². The zero-order valence-corrected chi connectivity index (χ0v) is 7.17. The first kappa shape index (κ1) is 10.1. The zero-order valence-electron chi connectivity index (χ0n) is 7.17. The lowest BCUT2D eigenvalue weighted by Crippen LogP contribution is -2.24. The van der Waals surface area contributed by atoms with E-state index in [0.717, 1.165) is 6.07 Å². The van der Waals surface area contributed by atoms with E-state index in [4.69, 9.17) is 10.8 Å². The van der Waals surface area contributed by atoms with E-state index in [9.17, 15) is 8.78 Å². The third kappa shape index (κ3) is 2.02. The Hall–Kier alpha value is -1.00. The second kappa shape index (κ2) is 3.81. The van der Waals surface area contributed by atoms with Crippen LogP contribution in [0.4, 0.5) is 8.78 Å². The predicted octanol–water partition coefficient (Wildman–Crippen LogP) is 1.35. The maximum absolute atomic E-state index is 13.0. The minimum absolute atomic E-state index is 0.00463. The number of nitrogens with two attached hydrogens (primary N) is 1. The molecule has 0 spiro atoms. The van der Waals surface area contributed by atoms with Gasteiger partial charge in [0, 0.05) is 5.56 Å². The Morgan fingerprint density at radius 2 is 2.00 bits per heavy atom. The average Bonchev–Trinajstić information content (AvgIpc) is 2.08. The molecular weight excluding hydrogens is 176 g/mol. The van der Waals surface area contributed by atoms with Crippen molar-refractivity contribution in [1.29, 1.82) is 0 Å². The first-order valence-corrected chi connectivity index (χ1v) is 3.91. The number of benzene rings is 1. The second-order valence-corrected chi connectivity index (χ2v) is 2.91. The minimum Gasteiger partial charge on any atom is -0.391 e. The van der Waals surface area contributed by atoms with E-state index in [2.05, 4.69) is 0 Å². The van der Waals surface area contributed by atoms with Crippen molar-refractivity contribution in [2.75, 3.05) is 0 Å². The summed E-state index contributed by atoms with van der Waals surface area (Å²) >= 11 is 0. The number of halogens is 2. The van der Waals surface area contributed by atoms with Gasteiger partial charge < -0.3 is 10.8 Å². The van der Waals surface area contributed by atoms with E-state index >= 15 is 0 Å². The van der Waals surface area contributed by atoms with Crippen molar-refractivity contribution in [2.24, 2.45) is 5.73 Å². The van der Waals surface area contributed by atoms with Crippen LogP contribution in [0.3, 0.4) is 0 Å². The smallest absolute Gasteiger partial charge is 0.163 e. The molecule has 0 bridgehead atoms. The Kier molecular flexibility index (Phi) is 2.95. The predicted molar refractivity (Wildman–Crippen MR) is 45.0 cm³/mol. The quantitative estimate of drug-likeness (QED) is 0.734. The highest BCUT2D eigenvalue weighted by Gasteiger charge is 2.18. The SMILES string of the molecule is C[C@H](O)[C@H](N)c1cccc(F)c1F. The highest BCUT2D eigenvalue weighted by Crippen LogP contribution is 2.19. The molecule has 0 aliphatic heterocycles. The molecule has 13 heavy (non-hydrogen) atoms. The summed E-state index contributed by atoms with van der Waals surface area (Å²) in [4.78, 5) is 0. The summed E-state index contributed by atoms with van der Waals surface area (Å²) in [6.07, 6.45) is -0.906. The molecule has 1 aromatic carbocycles. The van der Waals surface area contributed by atoms with Gasteiger partial charge in [-0.05, 0) is 13.0 Å². The van der Waals surface area contributed by atoms with E-state index in [1.165, 1.54) is 19.1 Å². The second-order valence-electron chi connectivity index (χ2n) is 2.91. The molecule has 0 aromatic heterocycles. The Balaban J connectivity index is 3.07. The molecule has 72 valence electrons. The van der Waals surface area contributed by atoms with Gasteiger partial charge in [0.2, 0.25) is 0 Å². The van der Waals surface area contributed by atoms with Gasteiger partial charge >= 0.3 is 0 Å². The van der Waals surface area contributed by atoms with Crippen LogP contribution in [0, 0.1) is 11.6 Å². The van der Waals surface area contributed by atoms with Gasteiger partial charge in [0.15, 0.2) is 11.6 Å². The molecule has 0 amide bonds. The van der Waals surface area contributed by atoms with Gasteiger partial charge in [-0.2, -0.15) is 0 Å². The van der Waals surface area contributed by atoms with E-state index in [1.54, 1.807) is 0 Å². The van der Waals surface area contributed by atoms with Gasteiger partial charge in [-0.3, -0.25) is 0 Å². The van der Waals surface area contributed by atoms with Crippen molar-refractivity contribution in [3.05, 3.63) is 35.4 Å². The maximum atomic E-state index is 13.0. The maximum Gasteiger partial charge on any atom is 0.163 e. The topological polar surface area (TPSA) is 46.2 Å². The van der Waals surface area contributed by atoms with Crippen LogP contribution in [0.5, 0.6) is 0 Å². The van der Waals surface area contributed by atoms with Crippen molar-refractivity contribution in [3.8, 4) is 0 Å². The normalized spacial score (nSPS) is 15.5. The molecule has 0 aliphatic rings. The standard InChI is InChI=1S/C9H11F2NO/c1-5(13)9(12)6-3-2-4-7(10)8(6)11/h2-5,9,13H,12H2,1H3/t5-,9-/m0/s1. The highest BCUT2D eigenvalue weighted by molar-refractivity contribution is 5.22. The first-order chi connectivity index (χ1) is 6.04. The molecule has 2 atom stereocenters. The summed E-state index contributed by atoms with van der Waals surface area (Å²) in [6, 6.07) is 2.83. The number of hydrogen-bond donors (Lipinski definition) is 2. The third-order valence-electron chi connectivity index (χ3n) is 1.86. The largest absolute Gasteiger partial charge is 0.391 e. The molecule has 0 aliphatic carbocycles. The van der Waals surface area contributed by atoms with Crippen molar-refractivity contribution in [3.63, 3.8) is 0 Å². The fourth-order valence-corrected chi connectivity index (χ4v) is 1.04. The van der Waals surface area contributed by atoms with Crippen LogP contribution in [-0.2, 0) is 0 Å². The number of aliphatic hydroxyl groups excluding tert-OH is 1. The summed E-state index contributed by atoms with van der Waals surface area (Å²) in [5.74, 6) is -1.94. The van der Waals surface area contributed by atoms with Crippen LogP contribution in [0.25, 0.3) is 0 Å². The van der Waals surface area contributed by atoms with Crippen LogP contribution >= 0.6 is 0 Å². The number of rotatable bonds is 2. The van der Waals surface area contributed by atoms with Crippen LogP contribution in [0.1, 0.15) is 18.5 Å². The van der Waals surface area contributed by atoms with Crippen LogP contribution in [0.15, 0.2) is 18.2 Å². The lowest BCUT2D eigenvalue weighted by atomic mass is 10.0. The first-order valence-electron chi connectivity index (χ1n) is 3.91. The highest BCUT2D eigenvalue weighted by atomic mass is 19.2. The number of hydrogen-bond acceptors (Lipinski definition) is 2. The van der Waals surface area contributed by atoms with Crippen molar-refractivity contribution in [2.45, 2.75) is 19.1 Å². The molecule has 1 aromatic rings. The molecule has 0 fully saturated rings. The van der Waals surface area contributed by atoms with Crippen molar-refractivity contribution < 1.29 is 13.9 Å². The molecule has 0 saturated heterocycles. The Morgan fingerprint density at radius 1 is 1.38 bits per heavy atom. The van der Waals surface area contributed by atoms with E-state index in [1.807, 2.05) is 0 Å². The summed E-state index contributed by atoms with van der Waals surface area (Å²) < 4.78 is 25.7. The fourth-order valence-electron chi connectivity index (χ4n) is 1.04.